The zero-order valence-electron chi connectivity index (χ0n) is 12.3. The molecule has 0 aliphatic rings. The zero-order valence-corrected chi connectivity index (χ0v) is 13.1. The van der Waals surface area contributed by atoms with Gasteiger partial charge in [-0.25, -0.2) is 10.2 Å². The van der Waals surface area contributed by atoms with E-state index in [1.807, 2.05) is 30.3 Å². The Morgan fingerprint density at radius 3 is 2.43 bits per heavy atom. The van der Waals surface area contributed by atoms with Crippen LogP contribution in [0.25, 0.3) is 0 Å². The molecule has 5 nitrogen and oxygen atoms in total. The molecule has 6 heteroatoms. The third-order valence-electron chi connectivity index (χ3n) is 2.91. The van der Waals surface area contributed by atoms with Gasteiger partial charge in [-0.05, 0) is 23.3 Å². The van der Waals surface area contributed by atoms with Crippen LogP contribution in [0.2, 0.25) is 0 Å². The molecule has 0 saturated carbocycles. The summed E-state index contributed by atoms with van der Waals surface area (Å²) in [5.74, 6) is -0.0553. The minimum atomic E-state index is -0.975. The number of nitrogens with zero attached hydrogens (tertiary/aromatic N) is 1. The molecule has 2 rings (SSSR count). The molecule has 0 fully saturated rings. The number of benzene rings is 2. The standard InChI is InChI=1S/C17H16N2O3S/c20-16(12-23-11-14-4-2-1-3-5-14)19-18-10-13-6-8-15(9-7-13)17(21)22/h1-10H,11-12H2,(H,19,20)(H,21,22)/b18-10-. The van der Waals surface area contributed by atoms with E-state index in [0.29, 0.717) is 11.3 Å². The summed E-state index contributed by atoms with van der Waals surface area (Å²) in [6.45, 7) is 0. The predicted molar refractivity (Wildman–Crippen MR) is 91.7 cm³/mol. The molecule has 2 aromatic carbocycles. The highest BCUT2D eigenvalue weighted by Gasteiger charge is 2.02. The van der Waals surface area contributed by atoms with Gasteiger partial charge in [-0.1, -0.05) is 42.5 Å². The Bertz CT molecular complexity index is 685. The number of carbonyl (C=O) groups is 2. The Balaban J connectivity index is 1.72. The highest BCUT2D eigenvalue weighted by molar-refractivity contribution is 7.99. The lowest BCUT2D eigenvalue weighted by atomic mass is 10.1. The average Bonchev–Trinajstić information content (AvgIpc) is 2.56. The predicted octanol–water partition coefficient (Wildman–Crippen LogP) is 2.77. The molecule has 0 aliphatic carbocycles. The molecule has 23 heavy (non-hydrogen) atoms. The molecule has 0 aromatic heterocycles. The van der Waals surface area contributed by atoms with Crippen LogP contribution in [0.5, 0.6) is 0 Å². The van der Waals surface area contributed by atoms with Crippen LogP contribution in [0, 0.1) is 0 Å². The number of hydrazone groups is 1. The monoisotopic (exact) mass is 328 g/mol. The summed E-state index contributed by atoms with van der Waals surface area (Å²) in [7, 11) is 0. The van der Waals surface area contributed by atoms with E-state index in [4.69, 9.17) is 5.11 Å². The highest BCUT2D eigenvalue weighted by atomic mass is 32.2. The van der Waals surface area contributed by atoms with Crippen LogP contribution in [-0.2, 0) is 10.5 Å². The van der Waals surface area contributed by atoms with Crippen LogP contribution in [0.1, 0.15) is 21.5 Å². The van der Waals surface area contributed by atoms with Gasteiger partial charge in [0.1, 0.15) is 0 Å². The van der Waals surface area contributed by atoms with Gasteiger partial charge in [-0.15, -0.1) is 11.8 Å². The highest BCUT2D eigenvalue weighted by Crippen LogP contribution is 2.10. The molecular formula is C17H16N2O3S. The minimum absolute atomic E-state index is 0.177. The fraction of sp³-hybridized carbons (Fsp3) is 0.118. The fourth-order valence-electron chi connectivity index (χ4n) is 1.76. The second-order valence-electron chi connectivity index (χ2n) is 4.70. The largest absolute Gasteiger partial charge is 0.478 e. The van der Waals surface area contributed by atoms with Gasteiger partial charge in [0.2, 0.25) is 5.91 Å². The molecule has 0 spiro atoms. The fourth-order valence-corrected chi connectivity index (χ4v) is 2.54. The Kier molecular flexibility index (Phi) is 6.38. The summed E-state index contributed by atoms with van der Waals surface area (Å²) in [6.07, 6.45) is 1.48. The Morgan fingerprint density at radius 1 is 1.09 bits per heavy atom. The minimum Gasteiger partial charge on any atom is -0.478 e. The van der Waals surface area contributed by atoms with Crippen LogP contribution in [0.3, 0.4) is 0 Å². The number of nitrogens with one attached hydrogen (secondary N) is 1. The lowest BCUT2D eigenvalue weighted by molar-refractivity contribution is -0.118. The smallest absolute Gasteiger partial charge is 0.335 e. The first-order valence-corrected chi connectivity index (χ1v) is 8.07. The lowest BCUT2D eigenvalue weighted by Gasteiger charge is -2.01. The third-order valence-corrected chi connectivity index (χ3v) is 3.91. The van der Waals surface area contributed by atoms with Gasteiger partial charge < -0.3 is 5.11 Å². The Morgan fingerprint density at radius 2 is 1.78 bits per heavy atom. The van der Waals surface area contributed by atoms with Crippen molar-refractivity contribution >= 4 is 29.9 Å². The number of carboxylic acid groups (broad SMARTS) is 1. The summed E-state index contributed by atoms with van der Waals surface area (Å²) < 4.78 is 0. The number of thioether (sulfide) groups is 1. The number of carboxylic acids is 1. The van der Waals surface area contributed by atoms with E-state index in [1.54, 1.807) is 12.1 Å². The van der Waals surface area contributed by atoms with Crippen molar-refractivity contribution < 1.29 is 14.7 Å². The topological polar surface area (TPSA) is 78.8 Å². The second kappa shape index (κ2) is 8.75. The van der Waals surface area contributed by atoms with Crippen molar-refractivity contribution in [2.75, 3.05) is 5.75 Å². The number of hydrogen-bond donors (Lipinski definition) is 2. The molecule has 0 atom stereocenters. The van der Waals surface area contributed by atoms with Crippen LogP contribution < -0.4 is 5.43 Å². The van der Waals surface area contributed by atoms with Gasteiger partial charge in [0, 0.05) is 5.75 Å². The summed E-state index contributed by atoms with van der Waals surface area (Å²) in [5.41, 5.74) is 4.55. The molecule has 2 N–H and O–H groups in total. The van der Waals surface area contributed by atoms with Crippen LogP contribution in [0.4, 0.5) is 0 Å². The van der Waals surface area contributed by atoms with Crippen molar-refractivity contribution in [3.63, 3.8) is 0 Å². The lowest BCUT2D eigenvalue weighted by Crippen LogP contribution is -2.19. The van der Waals surface area contributed by atoms with Crippen molar-refractivity contribution in [3.05, 3.63) is 71.3 Å². The molecule has 0 bridgehead atoms. The summed E-state index contributed by atoms with van der Waals surface area (Å²) in [6, 6.07) is 16.2. The van der Waals surface area contributed by atoms with Gasteiger partial charge >= 0.3 is 5.97 Å². The molecule has 0 radical (unpaired) electrons. The molecule has 0 unspecified atom stereocenters. The van der Waals surface area contributed by atoms with E-state index in [9.17, 15) is 9.59 Å². The maximum Gasteiger partial charge on any atom is 0.335 e. The summed E-state index contributed by atoms with van der Waals surface area (Å²) in [5, 5.41) is 12.7. The summed E-state index contributed by atoms with van der Waals surface area (Å²) >= 11 is 1.51. The van der Waals surface area contributed by atoms with E-state index in [2.05, 4.69) is 10.5 Å². The third kappa shape index (κ3) is 5.96. The number of rotatable bonds is 7. The van der Waals surface area contributed by atoms with Gasteiger partial charge in [0.05, 0.1) is 17.5 Å². The van der Waals surface area contributed by atoms with E-state index in [-0.39, 0.29) is 11.5 Å². The van der Waals surface area contributed by atoms with Crippen LogP contribution in [-0.4, -0.2) is 29.0 Å². The van der Waals surface area contributed by atoms with Crippen LogP contribution >= 0.6 is 11.8 Å². The van der Waals surface area contributed by atoms with E-state index < -0.39 is 5.97 Å². The second-order valence-corrected chi connectivity index (χ2v) is 5.68. The quantitative estimate of drug-likeness (QED) is 0.605. The van der Waals surface area contributed by atoms with Crippen molar-refractivity contribution in [1.29, 1.82) is 0 Å². The molecule has 0 aliphatic heterocycles. The summed E-state index contributed by atoms with van der Waals surface area (Å²) in [4.78, 5) is 22.4. The van der Waals surface area contributed by atoms with E-state index in [1.165, 1.54) is 35.7 Å². The molecule has 0 saturated heterocycles. The first-order valence-electron chi connectivity index (χ1n) is 6.92. The maximum atomic E-state index is 11.6. The zero-order chi connectivity index (χ0) is 16.5. The first-order chi connectivity index (χ1) is 11.1. The molecule has 1 amide bonds. The van der Waals surface area contributed by atoms with Crippen LogP contribution in [0.15, 0.2) is 59.7 Å². The van der Waals surface area contributed by atoms with Gasteiger partial charge in [-0.2, -0.15) is 5.10 Å². The van der Waals surface area contributed by atoms with Gasteiger partial charge in [0.25, 0.3) is 0 Å². The number of amides is 1. The Labute approximate surface area is 138 Å². The average molecular weight is 328 g/mol. The van der Waals surface area contributed by atoms with Gasteiger partial charge in [0.15, 0.2) is 0 Å². The first kappa shape index (κ1) is 16.8. The maximum absolute atomic E-state index is 11.6. The SMILES string of the molecule is O=C(CSCc1ccccc1)N/N=C\c1ccc(C(=O)O)cc1. The Hall–Kier alpha value is -2.60. The normalized spacial score (nSPS) is 10.6. The van der Waals surface area contributed by atoms with Crippen molar-refractivity contribution in [1.82, 2.24) is 5.43 Å². The number of aromatic carboxylic acids is 1. The molecule has 118 valence electrons. The van der Waals surface area contributed by atoms with E-state index >= 15 is 0 Å². The van der Waals surface area contributed by atoms with Crippen molar-refractivity contribution in [2.24, 2.45) is 5.10 Å². The van der Waals surface area contributed by atoms with Crippen molar-refractivity contribution in [2.45, 2.75) is 5.75 Å². The van der Waals surface area contributed by atoms with E-state index in [0.717, 1.165) is 5.75 Å². The molecule has 0 heterocycles. The van der Waals surface area contributed by atoms with Crippen molar-refractivity contribution in [3.8, 4) is 0 Å². The number of carbonyl (C=O) groups excluding carboxylic acids is 1. The molecule has 2 aromatic rings. The van der Waals surface area contributed by atoms with Gasteiger partial charge in [-0.3, -0.25) is 4.79 Å². The molecular weight excluding hydrogens is 312 g/mol. The number of hydrogen-bond acceptors (Lipinski definition) is 4.